The van der Waals surface area contributed by atoms with E-state index in [1.165, 1.54) is 5.57 Å². The quantitative estimate of drug-likeness (QED) is 0.567. The summed E-state index contributed by atoms with van der Waals surface area (Å²) in [7, 11) is 0. The van der Waals surface area contributed by atoms with E-state index in [4.69, 9.17) is 16.3 Å². The second kappa shape index (κ2) is 9.40. The monoisotopic (exact) mass is 436 g/mol. The van der Waals surface area contributed by atoms with Crippen molar-refractivity contribution in [1.29, 1.82) is 0 Å². The Kier molecular flexibility index (Phi) is 6.42. The summed E-state index contributed by atoms with van der Waals surface area (Å²) in [6, 6.07) is 15.6. The van der Waals surface area contributed by atoms with E-state index in [9.17, 15) is 9.59 Å². The highest BCUT2D eigenvalue weighted by Gasteiger charge is 2.23. The summed E-state index contributed by atoms with van der Waals surface area (Å²) in [6.45, 7) is 2.54. The second-order valence-corrected chi connectivity index (χ2v) is 8.15. The molecule has 1 unspecified atom stereocenters. The van der Waals surface area contributed by atoms with E-state index in [-0.39, 0.29) is 11.5 Å². The van der Waals surface area contributed by atoms with E-state index in [0.29, 0.717) is 23.6 Å². The van der Waals surface area contributed by atoms with Gasteiger partial charge in [-0.25, -0.2) is 4.79 Å². The summed E-state index contributed by atoms with van der Waals surface area (Å²) < 4.78 is 5.52. The molecule has 3 aromatic rings. The van der Waals surface area contributed by atoms with Gasteiger partial charge < -0.3 is 9.72 Å². The molecule has 160 valence electrons. The van der Waals surface area contributed by atoms with Crippen LogP contribution in [0.5, 0.6) is 5.75 Å². The zero-order chi connectivity index (χ0) is 21.8. The zero-order valence-electron chi connectivity index (χ0n) is 17.4. The average molecular weight is 437 g/mol. The molecule has 4 rings (SSSR count). The van der Waals surface area contributed by atoms with Gasteiger partial charge in [0.1, 0.15) is 5.75 Å². The number of benzene rings is 2. The molecular weight excluding hydrogens is 412 g/mol. The van der Waals surface area contributed by atoms with E-state index < -0.39 is 5.69 Å². The number of aromatic amines is 2. The molecular formula is C25H25ClN2O3. The number of allylic oxidation sites excluding steroid dienone is 2. The molecule has 6 heteroatoms. The van der Waals surface area contributed by atoms with Crippen molar-refractivity contribution in [2.45, 2.75) is 38.5 Å². The second-order valence-electron chi connectivity index (χ2n) is 7.74. The number of aromatic nitrogens is 2. The van der Waals surface area contributed by atoms with Gasteiger partial charge in [0.25, 0.3) is 5.56 Å². The maximum atomic E-state index is 12.6. The van der Waals surface area contributed by atoms with E-state index in [0.717, 1.165) is 41.8 Å². The molecule has 0 radical (unpaired) electrons. The third kappa shape index (κ3) is 4.83. The standard InChI is InChI=1S/C25H25ClN2O3/c1-2-31-19-12-13-20(22(26)15-19)17-8-10-18(11-9-17)23-21(24(29)28-25(30)27-23)14-16-6-4-3-5-7-16/h3-8,12-13,15,18H,2,9-11,14H2,1H3,(H2,27,28,29,30). The van der Waals surface area contributed by atoms with Gasteiger partial charge in [0.2, 0.25) is 0 Å². The lowest BCUT2D eigenvalue weighted by atomic mass is 9.83. The first-order valence-corrected chi connectivity index (χ1v) is 10.9. The maximum Gasteiger partial charge on any atom is 0.325 e. The Balaban J connectivity index is 1.61. The zero-order valence-corrected chi connectivity index (χ0v) is 18.2. The molecule has 1 aliphatic rings. The number of H-pyrrole nitrogens is 2. The van der Waals surface area contributed by atoms with Crippen LogP contribution in [0.25, 0.3) is 5.57 Å². The topological polar surface area (TPSA) is 75.0 Å². The Morgan fingerprint density at radius 1 is 1.10 bits per heavy atom. The fourth-order valence-corrected chi connectivity index (χ4v) is 4.50. The van der Waals surface area contributed by atoms with Crippen LogP contribution in [0.15, 0.2) is 64.2 Å². The van der Waals surface area contributed by atoms with Gasteiger partial charge in [0.15, 0.2) is 0 Å². The Morgan fingerprint density at radius 2 is 1.90 bits per heavy atom. The lowest BCUT2D eigenvalue weighted by Gasteiger charge is -2.24. The Morgan fingerprint density at radius 3 is 2.58 bits per heavy atom. The van der Waals surface area contributed by atoms with E-state index in [1.807, 2.05) is 55.5 Å². The number of halogens is 1. The van der Waals surface area contributed by atoms with Crippen LogP contribution in [0.3, 0.4) is 0 Å². The fourth-order valence-electron chi connectivity index (χ4n) is 4.21. The molecule has 0 bridgehead atoms. The molecule has 5 nitrogen and oxygen atoms in total. The first-order valence-electron chi connectivity index (χ1n) is 10.6. The van der Waals surface area contributed by atoms with Gasteiger partial charge in [-0.15, -0.1) is 0 Å². The van der Waals surface area contributed by atoms with Crippen LogP contribution >= 0.6 is 11.6 Å². The minimum Gasteiger partial charge on any atom is -0.494 e. The summed E-state index contributed by atoms with van der Waals surface area (Å²) in [5.74, 6) is 0.844. The summed E-state index contributed by atoms with van der Waals surface area (Å²) in [4.78, 5) is 29.9. The molecule has 1 aliphatic carbocycles. The van der Waals surface area contributed by atoms with Crippen LogP contribution in [0, 0.1) is 0 Å². The predicted molar refractivity (Wildman–Crippen MR) is 124 cm³/mol. The van der Waals surface area contributed by atoms with Crippen LogP contribution < -0.4 is 16.0 Å². The molecule has 1 heterocycles. The highest BCUT2D eigenvalue weighted by Crippen LogP contribution is 2.38. The summed E-state index contributed by atoms with van der Waals surface area (Å²) >= 11 is 6.50. The minimum absolute atomic E-state index is 0.0823. The van der Waals surface area contributed by atoms with Crippen LogP contribution in [0.2, 0.25) is 5.02 Å². The lowest BCUT2D eigenvalue weighted by Crippen LogP contribution is -2.30. The van der Waals surface area contributed by atoms with Crippen molar-refractivity contribution >= 4 is 17.2 Å². The largest absolute Gasteiger partial charge is 0.494 e. The van der Waals surface area contributed by atoms with Crippen LogP contribution in [-0.4, -0.2) is 16.6 Å². The number of nitrogens with one attached hydrogen (secondary N) is 2. The number of hydrogen-bond donors (Lipinski definition) is 2. The molecule has 1 aromatic heterocycles. The Bertz CT molecular complexity index is 1210. The van der Waals surface area contributed by atoms with Crippen LogP contribution in [0.4, 0.5) is 0 Å². The number of ether oxygens (including phenoxy) is 1. The van der Waals surface area contributed by atoms with Crippen molar-refractivity contribution in [2.75, 3.05) is 6.61 Å². The molecule has 2 N–H and O–H groups in total. The van der Waals surface area contributed by atoms with Crippen molar-refractivity contribution < 1.29 is 4.74 Å². The Labute approximate surface area is 185 Å². The first-order chi connectivity index (χ1) is 15.0. The molecule has 0 fully saturated rings. The third-order valence-electron chi connectivity index (χ3n) is 5.71. The van der Waals surface area contributed by atoms with Gasteiger partial charge in [-0.1, -0.05) is 48.0 Å². The maximum absolute atomic E-state index is 12.6. The fraction of sp³-hybridized carbons (Fsp3) is 0.280. The molecule has 0 aliphatic heterocycles. The van der Waals surface area contributed by atoms with Crippen LogP contribution in [0.1, 0.15) is 54.5 Å². The molecule has 0 saturated heterocycles. The molecule has 0 spiro atoms. The van der Waals surface area contributed by atoms with E-state index in [2.05, 4.69) is 16.0 Å². The van der Waals surface area contributed by atoms with Gasteiger partial charge in [-0.3, -0.25) is 9.78 Å². The number of rotatable bonds is 6. The summed E-state index contributed by atoms with van der Waals surface area (Å²) in [5, 5.41) is 0.671. The summed E-state index contributed by atoms with van der Waals surface area (Å²) in [6.07, 6.45) is 5.04. The van der Waals surface area contributed by atoms with Crippen molar-refractivity contribution in [3.63, 3.8) is 0 Å². The van der Waals surface area contributed by atoms with Gasteiger partial charge in [0, 0.05) is 23.6 Å². The third-order valence-corrected chi connectivity index (χ3v) is 6.03. The summed E-state index contributed by atoms with van der Waals surface area (Å²) in [5.41, 5.74) is 3.83. The molecule has 0 amide bonds. The molecule has 1 atom stereocenters. The van der Waals surface area contributed by atoms with Crippen molar-refractivity contribution in [1.82, 2.24) is 9.97 Å². The van der Waals surface area contributed by atoms with Gasteiger partial charge in [0.05, 0.1) is 11.6 Å². The van der Waals surface area contributed by atoms with Gasteiger partial charge in [-0.05, 0) is 61.1 Å². The van der Waals surface area contributed by atoms with Crippen LogP contribution in [-0.2, 0) is 6.42 Å². The van der Waals surface area contributed by atoms with E-state index >= 15 is 0 Å². The SMILES string of the molecule is CCOc1ccc(C2=CCC(c3[nH]c(=O)[nH]c(=O)c3Cc3ccccc3)CC2)c(Cl)c1. The highest BCUT2D eigenvalue weighted by atomic mass is 35.5. The average Bonchev–Trinajstić information content (AvgIpc) is 2.77. The van der Waals surface area contributed by atoms with Gasteiger partial charge in [-0.2, -0.15) is 0 Å². The van der Waals surface area contributed by atoms with Gasteiger partial charge >= 0.3 is 5.69 Å². The molecule has 2 aromatic carbocycles. The van der Waals surface area contributed by atoms with E-state index in [1.54, 1.807) is 0 Å². The smallest absolute Gasteiger partial charge is 0.325 e. The molecule has 31 heavy (non-hydrogen) atoms. The normalized spacial score (nSPS) is 16.1. The molecule has 0 saturated carbocycles. The van der Waals surface area contributed by atoms with Crippen molar-refractivity contribution in [3.05, 3.63) is 103 Å². The lowest BCUT2D eigenvalue weighted by molar-refractivity contribution is 0.340. The first kappa shape index (κ1) is 21.2. The minimum atomic E-state index is -0.457. The predicted octanol–water partition coefficient (Wildman–Crippen LogP) is 5.06. The number of hydrogen-bond acceptors (Lipinski definition) is 3. The van der Waals surface area contributed by atoms with Crippen molar-refractivity contribution in [2.24, 2.45) is 0 Å². The Hall–Kier alpha value is -3.05. The highest BCUT2D eigenvalue weighted by molar-refractivity contribution is 6.32. The van der Waals surface area contributed by atoms with Crippen molar-refractivity contribution in [3.8, 4) is 5.75 Å².